The van der Waals surface area contributed by atoms with Crippen molar-refractivity contribution in [2.45, 2.75) is 33.2 Å². The van der Waals surface area contributed by atoms with Crippen LogP contribution in [0.25, 0.3) is 0 Å². The molecule has 0 bridgehead atoms. The van der Waals surface area contributed by atoms with E-state index in [1.165, 1.54) is 0 Å². The van der Waals surface area contributed by atoms with Gasteiger partial charge in [-0.05, 0) is 19.3 Å². The lowest BCUT2D eigenvalue weighted by molar-refractivity contribution is -0.139. The van der Waals surface area contributed by atoms with Crippen LogP contribution in [0.2, 0.25) is 0 Å². The third-order valence-electron chi connectivity index (χ3n) is 2.11. The summed E-state index contributed by atoms with van der Waals surface area (Å²) in [6, 6.07) is -0.915. The molecule has 7 nitrogen and oxygen atoms in total. The molecule has 0 aliphatic heterocycles. The van der Waals surface area contributed by atoms with Crippen LogP contribution >= 0.6 is 0 Å². The summed E-state index contributed by atoms with van der Waals surface area (Å²) >= 11 is 0. The molecule has 0 fully saturated rings. The molecule has 1 aromatic heterocycles. The quantitative estimate of drug-likeness (QED) is 0.687. The Morgan fingerprint density at radius 1 is 1.47 bits per heavy atom. The molecule has 1 heterocycles. The maximum Gasteiger partial charge on any atom is 0.326 e. The summed E-state index contributed by atoms with van der Waals surface area (Å²) in [6.45, 7) is 5.44. The van der Waals surface area contributed by atoms with Gasteiger partial charge in [0.25, 0.3) is 5.91 Å². The average Bonchev–Trinajstić information content (AvgIpc) is 2.63. The third kappa shape index (κ3) is 3.86. The maximum atomic E-state index is 11.6. The van der Waals surface area contributed by atoms with Crippen molar-refractivity contribution in [3.63, 3.8) is 0 Å². The number of hydrogen-bond acceptors (Lipinski definition) is 4. The summed E-state index contributed by atoms with van der Waals surface area (Å²) in [5.41, 5.74) is 0. The standard InChI is InChI=1S/C10H16N4O3/c1-5(2)4-7(10(16)17)12-9(15)8-11-6(3)13-14-8/h5,7H,4H2,1-3H3,(H,12,15)(H,16,17)(H,11,13,14). The van der Waals surface area contributed by atoms with E-state index in [-0.39, 0.29) is 11.7 Å². The van der Waals surface area contributed by atoms with Gasteiger partial charge in [0.2, 0.25) is 5.82 Å². The van der Waals surface area contributed by atoms with Crippen molar-refractivity contribution in [1.82, 2.24) is 20.5 Å². The van der Waals surface area contributed by atoms with Crippen LogP contribution in [0.4, 0.5) is 0 Å². The van der Waals surface area contributed by atoms with Crippen molar-refractivity contribution in [3.8, 4) is 0 Å². The summed E-state index contributed by atoms with van der Waals surface area (Å²) in [5.74, 6) is -1.00. The first-order chi connectivity index (χ1) is 7.90. The van der Waals surface area contributed by atoms with Crippen molar-refractivity contribution in [2.24, 2.45) is 5.92 Å². The molecule has 1 aromatic rings. The molecule has 1 rings (SSSR count). The van der Waals surface area contributed by atoms with Crippen molar-refractivity contribution >= 4 is 11.9 Å². The fourth-order valence-electron chi connectivity index (χ4n) is 1.36. The van der Waals surface area contributed by atoms with Gasteiger partial charge in [-0.25, -0.2) is 9.78 Å². The minimum absolute atomic E-state index is 0.0440. The SMILES string of the molecule is Cc1nc(C(=O)NC(CC(C)C)C(=O)O)n[nH]1. The fourth-order valence-corrected chi connectivity index (χ4v) is 1.36. The van der Waals surface area contributed by atoms with E-state index in [1.807, 2.05) is 13.8 Å². The van der Waals surface area contributed by atoms with Crippen LogP contribution in [0.1, 0.15) is 36.7 Å². The van der Waals surface area contributed by atoms with Gasteiger partial charge in [-0.1, -0.05) is 13.8 Å². The van der Waals surface area contributed by atoms with Crippen LogP contribution in [-0.2, 0) is 4.79 Å². The first kappa shape index (κ1) is 13.1. The molecule has 1 unspecified atom stereocenters. The molecular formula is C10H16N4O3. The van der Waals surface area contributed by atoms with Crippen molar-refractivity contribution in [3.05, 3.63) is 11.6 Å². The van der Waals surface area contributed by atoms with Crippen LogP contribution in [0.3, 0.4) is 0 Å². The Hall–Kier alpha value is -1.92. The van der Waals surface area contributed by atoms with E-state index in [1.54, 1.807) is 6.92 Å². The zero-order valence-corrected chi connectivity index (χ0v) is 10.0. The number of amides is 1. The number of carbonyl (C=O) groups excluding carboxylic acids is 1. The zero-order valence-electron chi connectivity index (χ0n) is 10.0. The first-order valence-electron chi connectivity index (χ1n) is 5.32. The lowest BCUT2D eigenvalue weighted by Gasteiger charge is -2.15. The minimum atomic E-state index is -1.06. The summed E-state index contributed by atoms with van der Waals surface area (Å²) in [4.78, 5) is 26.4. The Labute approximate surface area is 98.6 Å². The number of carbonyl (C=O) groups is 2. The highest BCUT2D eigenvalue weighted by atomic mass is 16.4. The van der Waals surface area contributed by atoms with Crippen LogP contribution in [0, 0.1) is 12.8 Å². The van der Waals surface area contributed by atoms with Crippen molar-refractivity contribution in [1.29, 1.82) is 0 Å². The molecule has 0 aliphatic rings. The van der Waals surface area contributed by atoms with E-state index >= 15 is 0 Å². The summed E-state index contributed by atoms with van der Waals surface area (Å²) < 4.78 is 0. The van der Waals surface area contributed by atoms with E-state index in [9.17, 15) is 9.59 Å². The summed E-state index contributed by atoms with van der Waals surface area (Å²) in [7, 11) is 0. The van der Waals surface area contributed by atoms with E-state index in [0.717, 1.165) is 0 Å². The van der Waals surface area contributed by atoms with Crippen LogP contribution in [0.15, 0.2) is 0 Å². The number of nitrogens with zero attached hydrogens (tertiary/aromatic N) is 2. The monoisotopic (exact) mass is 240 g/mol. The molecule has 0 aliphatic carbocycles. The predicted molar refractivity (Wildman–Crippen MR) is 59.5 cm³/mol. The van der Waals surface area contributed by atoms with Gasteiger partial charge < -0.3 is 10.4 Å². The van der Waals surface area contributed by atoms with E-state index in [4.69, 9.17) is 5.11 Å². The molecule has 17 heavy (non-hydrogen) atoms. The van der Waals surface area contributed by atoms with Crippen molar-refractivity contribution < 1.29 is 14.7 Å². The smallest absolute Gasteiger partial charge is 0.326 e. The molecule has 0 radical (unpaired) electrons. The largest absolute Gasteiger partial charge is 0.480 e. The highest BCUT2D eigenvalue weighted by Crippen LogP contribution is 2.05. The molecule has 1 amide bonds. The average molecular weight is 240 g/mol. The van der Waals surface area contributed by atoms with Crippen LogP contribution < -0.4 is 5.32 Å². The Balaban J connectivity index is 2.67. The second-order valence-corrected chi connectivity index (χ2v) is 4.24. The number of rotatable bonds is 5. The highest BCUT2D eigenvalue weighted by molar-refractivity contribution is 5.93. The number of H-pyrrole nitrogens is 1. The number of aromatic amines is 1. The molecular weight excluding hydrogens is 224 g/mol. The molecule has 0 aromatic carbocycles. The molecule has 94 valence electrons. The molecule has 3 N–H and O–H groups in total. The van der Waals surface area contributed by atoms with Gasteiger partial charge in [0, 0.05) is 0 Å². The van der Waals surface area contributed by atoms with Crippen LogP contribution in [-0.4, -0.2) is 38.2 Å². The van der Waals surface area contributed by atoms with E-state index in [0.29, 0.717) is 12.2 Å². The third-order valence-corrected chi connectivity index (χ3v) is 2.11. The minimum Gasteiger partial charge on any atom is -0.480 e. The Kier molecular flexibility index (Phi) is 4.19. The van der Waals surface area contributed by atoms with Gasteiger partial charge in [-0.2, -0.15) is 0 Å². The lowest BCUT2D eigenvalue weighted by atomic mass is 10.0. The topological polar surface area (TPSA) is 108 Å². The molecule has 0 saturated carbocycles. The molecule has 1 atom stereocenters. The Morgan fingerprint density at radius 2 is 2.12 bits per heavy atom. The van der Waals surface area contributed by atoms with Gasteiger partial charge in [0.05, 0.1) is 0 Å². The Morgan fingerprint density at radius 3 is 2.53 bits per heavy atom. The molecule has 0 saturated heterocycles. The number of nitrogens with one attached hydrogen (secondary N) is 2. The fraction of sp³-hybridized carbons (Fsp3) is 0.600. The first-order valence-corrected chi connectivity index (χ1v) is 5.32. The molecule has 7 heteroatoms. The summed E-state index contributed by atoms with van der Waals surface area (Å²) in [6.07, 6.45) is 0.366. The molecule has 0 spiro atoms. The van der Waals surface area contributed by atoms with E-state index < -0.39 is 17.9 Å². The number of aliphatic carboxylic acids is 1. The number of aryl methyl sites for hydroxylation is 1. The number of carboxylic acids is 1. The Bertz CT molecular complexity index is 413. The van der Waals surface area contributed by atoms with Gasteiger partial charge in [0.1, 0.15) is 11.9 Å². The number of aromatic nitrogens is 3. The normalized spacial score (nSPS) is 12.5. The second-order valence-electron chi connectivity index (χ2n) is 4.24. The number of carboxylic acid groups (broad SMARTS) is 1. The van der Waals surface area contributed by atoms with Gasteiger partial charge in [-0.3, -0.25) is 9.89 Å². The number of hydrogen-bond donors (Lipinski definition) is 3. The van der Waals surface area contributed by atoms with Crippen molar-refractivity contribution in [2.75, 3.05) is 0 Å². The van der Waals surface area contributed by atoms with Crippen LogP contribution in [0.5, 0.6) is 0 Å². The summed E-state index contributed by atoms with van der Waals surface area (Å²) in [5, 5.41) is 17.5. The predicted octanol–water partition coefficient (Wildman–Crippen LogP) is 0.342. The highest BCUT2D eigenvalue weighted by Gasteiger charge is 2.23. The van der Waals surface area contributed by atoms with E-state index in [2.05, 4.69) is 20.5 Å². The van der Waals surface area contributed by atoms with Gasteiger partial charge in [0.15, 0.2) is 0 Å². The lowest BCUT2D eigenvalue weighted by Crippen LogP contribution is -2.42. The zero-order chi connectivity index (χ0) is 13.0. The second kappa shape index (κ2) is 5.42. The maximum absolute atomic E-state index is 11.6. The van der Waals surface area contributed by atoms with Gasteiger partial charge >= 0.3 is 5.97 Å². The van der Waals surface area contributed by atoms with Gasteiger partial charge in [-0.15, -0.1) is 5.10 Å².